The molecule has 2 rings (SSSR count). The second kappa shape index (κ2) is 6.70. The first-order valence-electron chi connectivity index (χ1n) is 6.29. The minimum absolute atomic E-state index is 0.000591. The summed E-state index contributed by atoms with van der Waals surface area (Å²) in [7, 11) is -3.75. The fourth-order valence-electron chi connectivity index (χ4n) is 1.99. The zero-order valence-corrected chi connectivity index (χ0v) is 12.0. The fraction of sp³-hybridized carbons (Fsp3) is 0.357. The van der Waals surface area contributed by atoms with Gasteiger partial charge in [0, 0.05) is 12.1 Å². The summed E-state index contributed by atoms with van der Waals surface area (Å²) in [6.45, 7) is 0.0350. The highest BCUT2D eigenvalue weighted by atomic mass is 32.2. The third-order valence-corrected chi connectivity index (χ3v) is 4.90. The molecule has 1 fully saturated rings. The van der Waals surface area contributed by atoms with Gasteiger partial charge in [-0.3, -0.25) is 0 Å². The lowest BCUT2D eigenvalue weighted by Gasteiger charge is -2.29. The molecular formula is C14H14N2O4S. The van der Waals surface area contributed by atoms with Gasteiger partial charge in [-0.25, -0.2) is 8.42 Å². The molecular weight excluding hydrogens is 292 g/mol. The summed E-state index contributed by atoms with van der Waals surface area (Å²) < 4.78 is 31.7. The molecule has 1 aliphatic heterocycles. The number of hydrogen-bond donors (Lipinski definition) is 1. The van der Waals surface area contributed by atoms with Crippen LogP contribution in [0.3, 0.4) is 0 Å². The van der Waals surface area contributed by atoms with Crippen molar-refractivity contribution in [1.29, 1.82) is 5.26 Å². The van der Waals surface area contributed by atoms with Crippen LogP contribution in [0.1, 0.15) is 5.56 Å². The standard InChI is InChI=1S/C14H14N2O4S/c15-10-13-11-16(7-9-20-13)21(18,19)14-6-2-1-4-12(14)5-3-8-17/h1-2,4,6,13,17H,7-9,11H2. The van der Waals surface area contributed by atoms with Crippen molar-refractivity contribution in [1.82, 2.24) is 4.31 Å². The molecule has 1 heterocycles. The molecule has 1 N–H and O–H groups in total. The first kappa shape index (κ1) is 15.5. The van der Waals surface area contributed by atoms with E-state index in [1.165, 1.54) is 10.4 Å². The molecule has 0 radical (unpaired) electrons. The van der Waals surface area contributed by atoms with Crippen LogP contribution in [0.2, 0.25) is 0 Å². The smallest absolute Gasteiger partial charge is 0.244 e. The number of nitrogens with zero attached hydrogens (tertiary/aromatic N) is 2. The van der Waals surface area contributed by atoms with Crippen LogP contribution in [-0.4, -0.2) is 50.2 Å². The average Bonchev–Trinajstić information content (AvgIpc) is 2.53. The topological polar surface area (TPSA) is 90.6 Å². The molecule has 0 saturated carbocycles. The maximum absolute atomic E-state index is 12.7. The van der Waals surface area contributed by atoms with E-state index in [1.807, 2.05) is 6.07 Å². The molecule has 110 valence electrons. The van der Waals surface area contributed by atoms with Gasteiger partial charge in [0.25, 0.3) is 0 Å². The van der Waals surface area contributed by atoms with Crippen molar-refractivity contribution in [2.45, 2.75) is 11.0 Å². The molecule has 0 spiro atoms. The van der Waals surface area contributed by atoms with Gasteiger partial charge in [0.1, 0.15) is 6.61 Å². The molecule has 21 heavy (non-hydrogen) atoms. The Morgan fingerprint density at radius 3 is 2.90 bits per heavy atom. The van der Waals surface area contributed by atoms with Crippen LogP contribution in [0.5, 0.6) is 0 Å². The number of nitriles is 1. The number of rotatable bonds is 2. The van der Waals surface area contributed by atoms with Crippen molar-refractivity contribution in [2.75, 3.05) is 26.3 Å². The van der Waals surface area contributed by atoms with Crippen LogP contribution in [0.15, 0.2) is 29.2 Å². The maximum Gasteiger partial charge on any atom is 0.244 e. The predicted molar refractivity (Wildman–Crippen MR) is 74.5 cm³/mol. The lowest BCUT2D eigenvalue weighted by atomic mass is 10.2. The Balaban J connectivity index is 2.38. The van der Waals surface area contributed by atoms with Gasteiger partial charge in [-0.1, -0.05) is 24.0 Å². The predicted octanol–water partition coefficient (Wildman–Crippen LogP) is -0.0565. The Bertz CT molecular complexity index is 712. The Kier molecular flexibility index (Phi) is 4.94. The number of benzene rings is 1. The second-order valence-corrected chi connectivity index (χ2v) is 6.21. The lowest BCUT2D eigenvalue weighted by Crippen LogP contribution is -2.45. The summed E-state index contributed by atoms with van der Waals surface area (Å²) in [5.41, 5.74) is 0.326. The first-order chi connectivity index (χ1) is 10.1. The average molecular weight is 306 g/mol. The SMILES string of the molecule is N#CC1CN(S(=O)(=O)c2ccccc2C#CCO)CCO1. The van der Waals surface area contributed by atoms with Gasteiger partial charge in [0.15, 0.2) is 6.10 Å². The highest BCUT2D eigenvalue weighted by Crippen LogP contribution is 2.21. The molecule has 1 saturated heterocycles. The molecule has 1 aliphatic rings. The van der Waals surface area contributed by atoms with Crippen molar-refractivity contribution < 1.29 is 18.3 Å². The normalized spacial score (nSPS) is 19.3. The monoisotopic (exact) mass is 306 g/mol. The van der Waals surface area contributed by atoms with Crippen molar-refractivity contribution in [3.05, 3.63) is 29.8 Å². The van der Waals surface area contributed by atoms with Crippen molar-refractivity contribution in [2.24, 2.45) is 0 Å². The zero-order valence-electron chi connectivity index (χ0n) is 11.2. The van der Waals surface area contributed by atoms with Gasteiger partial charge in [0.05, 0.1) is 24.1 Å². The summed E-state index contributed by atoms with van der Waals surface area (Å²) in [5, 5.41) is 17.6. The molecule has 7 heteroatoms. The number of ether oxygens (including phenoxy) is 1. The minimum Gasteiger partial charge on any atom is -0.384 e. The third-order valence-electron chi connectivity index (χ3n) is 2.98. The van der Waals surface area contributed by atoms with Crippen LogP contribution < -0.4 is 0 Å². The van der Waals surface area contributed by atoms with Crippen molar-refractivity contribution in [3.8, 4) is 17.9 Å². The second-order valence-electron chi connectivity index (χ2n) is 4.31. The van der Waals surface area contributed by atoms with E-state index in [0.29, 0.717) is 5.56 Å². The highest BCUT2D eigenvalue weighted by Gasteiger charge is 2.31. The van der Waals surface area contributed by atoms with Crippen molar-refractivity contribution >= 4 is 10.0 Å². The van der Waals surface area contributed by atoms with Gasteiger partial charge < -0.3 is 9.84 Å². The minimum atomic E-state index is -3.75. The molecule has 0 aliphatic carbocycles. The van der Waals surface area contributed by atoms with E-state index in [0.717, 1.165) is 0 Å². The van der Waals surface area contributed by atoms with E-state index in [2.05, 4.69) is 11.8 Å². The van der Waals surface area contributed by atoms with E-state index in [-0.39, 0.29) is 31.2 Å². The summed E-state index contributed by atoms with van der Waals surface area (Å²) in [4.78, 5) is 0.0736. The van der Waals surface area contributed by atoms with Crippen molar-refractivity contribution in [3.63, 3.8) is 0 Å². The van der Waals surface area contributed by atoms with Crippen LogP contribution >= 0.6 is 0 Å². The molecule has 0 amide bonds. The molecule has 0 bridgehead atoms. The lowest BCUT2D eigenvalue weighted by molar-refractivity contribution is 0.0311. The molecule has 1 atom stereocenters. The van der Waals surface area contributed by atoms with Gasteiger partial charge in [-0.15, -0.1) is 0 Å². The van der Waals surface area contributed by atoms with Crippen LogP contribution in [-0.2, 0) is 14.8 Å². The van der Waals surface area contributed by atoms with E-state index in [1.54, 1.807) is 18.2 Å². The Labute approximate surface area is 123 Å². The maximum atomic E-state index is 12.7. The number of morpholine rings is 1. The van der Waals surface area contributed by atoms with Gasteiger partial charge in [0.2, 0.25) is 10.0 Å². The van der Waals surface area contributed by atoms with E-state index < -0.39 is 16.1 Å². The number of aliphatic hydroxyl groups excluding tert-OH is 1. The van der Waals surface area contributed by atoms with E-state index >= 15 is 0 Å². The Morgan fingerprint density at radius 2 is 2.19 bits per heavy atom. The number of aliphatic hydroxyl groups is 1. The van der Waals surface area contributed by atoms with E-state index in [4.69, 9.17) is 15.1 Å². The van der Waals surface area contributed by atoms with Gasteiger partial charge in [-0.05, 0) is 12.1 Å². The first-order valence-corrected chi connectivity index (χ1v) is 7.73. The molecule has 1 unspecified atom stereocenters. The summed E-state index contributed by atoms with van der Waals surface area (Å²) >= 11 is 0. The van der Waals surface area contributed by atoms with Gasteiger partial charge >= 0.3 is 0 Å². The quantitative estimate of drug-likeness (QED) is 0.773. The molecule has 1 aromatic rings. The number of hydrogen-bond acceptors (Lipinski definition) is 5. The van der Waals surface area contributed by atoms with Gasteiger partial charge in [-0.2, -0.15) is 9.57 Å². The van der Waals surface area contributed by atoms with E-state index in [9.17, 15) is 8.42 Å². The number of sulfonamides is 1. The third kappa shape index (κ3) is 3.41. The zero-order chi connectivity index (χ0) is 15.3. The summed E-state index contributed by atoms with van der Waals surface area (Å²) in [6, 6.07) is 8.25. The molecule has 0 aromatic heterocycles. The van der Waals surface area contributed by atoms with Crippen LogP contribution in [0.25, 0.3) is 0 Å². The fourth-order valence-corrected chi connectivity index (χ4v) is 3.56. The van der Waals surface area contributed by atoms with Crippen LogP contribution in [0.4, 0.5) is 0 Å². The molecule has 6 nitrogen and oxygen atoms in total. The molecule has 1 aromatic carbocycles. The summed E-state index contributed by atoms with van der Waals surface area (Å²) in [5.74, 6) is 5.08. The largest absolute Gasteiger partial charge is 0.384 e. The highest BCUT2D eigenvalue weighted by molar-refractivity contribution is 7.89. The summed E-state index contributed by atoms with van der Waals surface area (Å²) in [6.07, 6.45) is -0.760. The Hall–Kier alpha value is -1.90. The van der Waals surface area contributed by atoms with Crippen LogP contribution in [0, 0.1) is 23.2 Å². The Morgan fingerprint density at radius 1 is 1.43 bits per heavy atom.